The molecule has 0 saturated carbocycles. The van der Waals surface area contributed by atoms with Crippen LogP contribution in [0.15, 0.2) is 0 Å². The maximum absolute atomic E-state index is 12.4. The lowest BCUT2D eigenvalue weighted by atomic mass is 10.1. The number of carbonyl (C=O) groups excluding carboxylic acids is 6. The van der Waals surface area contributed by atoms with Crippen LogP contribution in [0, 0.1) is 0 Å². The smallest absolute Gasteiger partial charge is 0.305 e. The van der Waals surface area contributed by atoms with Crippen LogP contribution in [0.4, 0.5) is 0 Å². The van der Waals surface area contributed by atoms with Gasteiger partial charge in [0.2, 0.25) is 0 Å². The van der Waals surface area contributed by atoms with E-state index in [-0.39, 0.29) is 75.5 Å². The van der Waals surface area contributed by atoms with Gasteiger partial charge in [0.25, 0.3) is 0 Å². The van der Waals surface area contributed by atoms with Gasteiger partial charge in [-0.1, -0.05) is 77.0 Å². The number of ether oxygens (including phenoxy) is 6. The predicted molar refractivity (Wildman–Crippen MR) is 209 cm³/mol. The summed E-state index contributed by atoms with van der Waals surface area (Å²) >= 11 is 0. The van der Waals surface area contributed by atoms with Crippen LogP contribution in [0.25, 0.3) is 0 Å². The summed E-state index contributed by atoms with van der Waals surface area (Å²) in [6.07, 6.45) is 17.5. The number of hydrogen-bond donors (Lipinski definition) is 0. The molecule has 3 fully saturated rings. The van der Waals surface area contributed by atoms with Gasteiger partial charge in [-0.15, -0.1) is 0 Å². The summed E-state index contributed by atoms with van der Waals surface area (Å²) in [6, 6.07) is 0. The summed E-state index contributed by atoms with van der Waals surface area (Å²) in [5.41, 5.74) is 0. The van der Waals surface area contributed by atoms with Crippen LogP contribution in [-0.4, -0.2) is 125 Å². The number of carbonyl (C=O) groups is 6. The molecule has 3 saturated heterocycles. The van der Waals surface area contributed by atoms with Crippen LogP contribution in [0.1, 0.15) is 154 Å². The molecule has 0 aromatic rings. The van der Waals surface area contributed by atoms with Gasteiger partial charge in [-0.3, -0.25) is 38.6 Å². The van der Waals surface area contributed by atoms with Crippen molar-refractivity contribution in [3.63, 3.8) is 0 Å². The zero-order valence-electron chi connectivity index (χ0n) is 34.2. The third-order valence-corrected chi connectivity index (χ3v) is 10.1. The van der Waals surface area contributed by atoms with Crippen LogP contribution >= 0.6 is 0 Å². The Kier molecular flexibility index (Phi) is 29.5. The second kappa shape index (κ2) is 33.8. The lowest BCUT2D eigenvalue weighted by Crippen LogP contribution is -2.35. The summed E-state index contributed by atoms with van der Waals surface area (Å²) < 4.78 is 33.0. The van der Waals surface area contributed by atoms with Crippen LogP contribution in [0.2, 0.25) is 0 Å². The maximum Gasteiger partial charge on any atom is 0.305 e. The van der Waals surface area contributed by atoms with Crippen molar-refractivity contribution in [2.24, 2.45) is 0 Å². The SMILES string of the molecule is O=C1CCCCCCCCC(=O)OCCN2CCOC(=O)CCCCCCCCC(=O)OCCN(CCO1)CCOC(=O)CCCCCCCCC(=O)OCC2. The molecular weight excluding hydrogens is 724 g/mol. The minimum Gasteiger partial charge on any atom is -0.464 e. The van der Waals surface area contributed by atoms with Gasteiger partial charge in [0.05, 0.1) is 0 Å². The standard InChI is InChI=1S/C42H72N2O12/c45-37-19-13-7-1-2-8-14-20-38(46)52-32-26-44-29-35-55-41(49)23-17-11-5-3-9-15-21-39(47)53-33-27-43(25-31-51-37)28-34-54-40(48)22-16-10-4-6-12-18-24-42(50)56-36-30-44/h1-36H2. The fraction of sp³-hybridized carbons (Fsp3) is 0.857. The highest BCUT2D eigenvalue weighted by Gasteiger charge is 2.14. The zero-order valence-corrected chi connectivity index (χ0v) is 34.2. The van der Waals surface area contributed by atoms with E-state index in [4.69, 9.17) is 28.4 Å². The maximum atomic E-state index is 12.4. The lowest BCUT2D eigenvalue weighted by molar-refractivity contribution is -0.147. The zero-order chi connectivity index (χ0) is 40.3. The fourth-order valence-electron chi connectivity index (χ4n) is 6.57. The van der Waals surface area contributed by atoms with E-state index < -0.39 is 0 Å². The summed E-state index contributed by atoms with van der Waals surface area (Å²) in [5.74, 6) is -1.50. The van der Waals surface area contributed by atoms with Crippen molar-refractivity contribution < 1.29 is 57.2 Å². The van der Waals surface area contributed by atoms with Gasteiger partial charge >= 0.3 is 35.8 Å². The first kappa shape index (κ1) is 48.9. The normalized spacial score (nSPS) is 25.1. The number of nitrogens with zero attached hydrogens (tertiary/aromatic N) is 2. The van der Waals surface area contributed by atoms with E-state index in [0.717, 1.165) is 116 Å². The molecule has 0 atom stereocenters. The highest BCUT2D eigenvalue weighted by Crippen LogP contribution is 2.13. The summed E-state index contributed by atoms with van der Waals surface area (Å²) in [7, 11) is 0. The lowest BCUT2D eigenvalue weighted by Gasteiger charge is -2.22. The Morgan fingerprint density at radius 2 is 0.375 bits per heavy atom. The van der Waals surface area contributed by atoms with E-state index in [1.807, 2.05) is 9.80 Å². The minimum absolute atomic E-state index is 0.192. The monoisotopic (exact) mass is 797 g/mol. The summed E-state index contributed by atoms with van der Waals surface area (Å²) in [4.78, 5) is 78.3. The van der Waals surface area contributed by atoms with Gasteiger partial charge in [-0.2, -0.15) is 0 Å². The number of rotatable bonds is 0. The summed E-state index contributed by atoms with van der Waals surface area (Å²) in [6.45, 7) is 3.72. The molecule has 3 aliphatic rings. The third kappa shape index (κ3) is 29.0. The first-order valence-electron chi connectivity index (χ1n) is 21.7. The van der Waals surface area contributed by atoms with Gasteiger partial charge in [0.1, 0.15) is 39.6 Å². The highest BCUT2D eigenvalue weighted by atomic mass is 16.6. The van der Waals surface area contributed by atoms with Crippen LogP contribution in [-0.2, 0) is 57.2 Å². The first-order valence-corrected chi connectivity index (χ1v) is 21.7. The van der Waals surface area contributed by atoms with Crippen molar-refractivity contribution in [2.75, 3.05) is 78.9 Å². The van der Waals surface area contributed by atoms with Crippen LogP contribution < -0.4 is 0 Å². The Balaban J connectivity index is 2.03. The topological polar surface area (TPSA) is 164 Å². The molecule has 0 amide bonds. The minimum atomic E-state index is -0.250. The Labute approximate surface area is 335 Å². The molecule has 14 nitrogen and oxygen atoms in total. The molecule has 3 rings (SSSR count). The second-order valence-electron chi connectivity index (χ2n) is 14.9. The van der Waals surface area contributed by atoms with Gasteiger partial charge in [-0.05, 0) is 38.5 Å². The van der Waals surface area contributed by atoms with E-state index in [1.165, 1.54) is 0 Å². The molecule has 0 unspecified atom stereocenters. The van der Waals surface area contributed by atoms with E-state index in [2.05, 4.69) is 0 Å². The van der Waals surface area contributed by atoms with E-state index >= 15 is 0 Å². The van der Waals surface area contributed by atoms with Gasteiger partial charge in [0, 0.05) is 77.8 Å². The molecular formula is C42H72N2O12. The van der Waals surface area contributed by atoms with Crippen molar-refractivity contribution in [2.45, 2.75) is 154 Å². The molecule has 0 aromatic heterocycles. The quantitative estimate of drug-likeness (QED) is 0.200. The number of fused-ring (bicyclic) bond motifs is 45. The average Bonchev–Trinajstić information content (AvgIpc) is 3.16. The Morgan fingerprint density at radius 3 is 0.536 bits per heavy atom. The van der Waals surface area contributed by atoms with Gasteiger partial charge in [-0.25, -0.2) is 0 Å². The van der Waals surface area contributed by atoms with E-state index in [1.54, 1.807) is 0 Å². The number of esters is 6. The molecule has 0 N–H and O–H groups in total. The Morgan fingerprint density at radius 1 is 0.232 bits per heavy atom. The predicted octanol–water partition coefficient (Wildman–Crippen LogP) is 6.24. The molecule has 322 valence electrons. The molecule has 0 aliphatic carbocycles. The fourth-order valence-corrected chi connectivity index (χ4v) is 6.57. The van der Waals surface area contributed by atoms with Crippen molar-refractivity contribution in [3.05, 3.63) is 0 Å². The molecule has 56 heavy (non-hydrogen) atoms. The van der Waals surface area contributed by atoms with Crippen LogP contribution in [0.3, 0.4) is 0 Å². The second-order valence-corrected chi connectivity index (χ2v) is 14.9. The molecule has 3 heterocycles. The van der Waals surface area contributed by atoms with Crippen LogP contribution in [0.5, 0.6) is 0 Å². The molecule has 0 spiro atoms. The average molecular weight is 797 g/mol. The largest absolute Gasteiger partial charge is 0.464 e. The van der Waals surface area contributed by atoms with Gasteiger partial charge < -0.3 is 28.4 Å². The molecule has 0 aromatic carbocycles. The summed E-state index contributed by atoms with van der Waals surface area (Å²) in [5, 5.41) is 0. The van der Waals surface area contributed by atoms with Crippen molar-refractivity contribution in [1.29, 1.82) is 0 Å². The Hall–Kier alpha value is -3.26. The molecule has 2 bridgehead atoms. The van der Waals surface area contributed by atoms with Crippen molar-refractivity contribution in [3.8, 4) is 0 Å². The van der Waals surface area contributed by atoms with Crippen molar-refractivity contribution in [1.82, 2.24) is 9.80 Å². The molecule has 0 radical (unpaired) electrons. The van der Waals surface area contributed by atoms with Gasteiger partial charge in [0.15, 0.2) is 0 Å². The van der Waals surface area contributed by atoms with E-state index in [9.17, 15) is 28.8 Å². The third-order valence-electron chi connectivity index (χ3n) is 10.1. The van der Waals surface area contributed by atoms with E-state index in [0.29, 0.717) is 77.8 Å². The first-order chi connectivity index (χ1) is 27.3. The molecule has 14 heteroatoms. The highest BCUT2D eigenvalue weighted by molar-refractivity contribution is 5.71. The molecule has 3 aliphatic heterocycles. The number of hydrogen-bond acceptors (Lipinski definition) is 14. The van der Waals surface area contributed by atoms with Crippen molar-refractivity contribution >= 4 is 35.8 Å². The Bertz CT molecular complexity index is 886.